The first-order valence-electron chi connectivity index (χ1n) is 4.86. The maximum Gasteiger partial charge on any atom is 0.267 e. The van der Waals surface area contributed by atoms with Crippen LogP contribution in [0, 0.1) is 0 Å². The molecule has 2 heterocycles. The first kappa shape index (κ1) is 8.99. The molecule has 3 rings (SSSR count). The Bertz CT molecular complexity index is 435. The molecule has 0 bridgehead atoms. The summed E-state index contributed by atoms with van der Waals surface area (Å²) >= 11 is 1.52. The molecular weight excluding hydrogens is 212 g/mol. The first-order valence-corrected chi connectivity index (χ1v) is 5.80. The standard InChI is InChI=1S/C9H10N4OS/c1-2-6(1)10-3-8-12-13-9(14-8)7-4-15-5-11-7/h4-6,10H,1-3H2. The second kappa shape index (κ2) is 3.71. The number of rotatable bonds is 4. The Hall–Kier alpha value is -1.27. The minimum Gasteiger partial charge on any atom is -0.418 e. The van der Waals surface area contributed by atoms with Crippen LogP contribution in [0.5, 0.6) is 0 Å². The van der Waals surface area contributed by atoms with Crippen molar-refractivity contribution in [1.29, 1.82) is 0 Å². The zero-order chi connectivity index (χ0) is 10.1. The Morgan fingerprint density at radius 2 is 2.40 bits per heavy atom. The van der Waals surface area contributed by atoms with Gasteiger partial charge in [-0.1, -0.05) is 0 Å². The Labute approximate surface area is 90.6 Å². The van der Waals surface area contributed by atoms with Crippen molar-refractivity contribution in [2.45, 2.75) is 25.4 Å². The molecule has 0 spiro atoms. The van der Waals surface area contributed by atoms with Crippen molar-refractivity contribution in [2.24, 2.45) is 0 Å². The van der Waals surface area contributed by atoms with Gasteiger partial charge in [0.2, 0.25) is 5.89 Å². The van der Waals surface area contributed by atoms with Crippen molar-refractivity contribution >= 4 is 11.3 Å². The molecule has 78 valence electrons. The van der Waals surface area contributed by atoms with Crippen LogP contribution >= 0.6 is 11.3 Å². The fourth-order valence-electron chi connectivity index (χ4n) is 1.27. The summed E-state index contributed by atoms with van der Waals surface area (Å²) in [4.78, 5) is 4.11. The van der Waals surface area contributed by atoms with Crippen LogP contribution in [0.15, 0.2) is 15.3 Å². The van der Waals surface area contributed by atoms with E-state index in [1.165, 1.54) is 24.2 Å². The third kappa shape index (κ3) is 2.05. The molecule has 0 aliphatic heterocycles. The van der Waals surface area contributed by atoms with Crippen molar-refractivity contribution in [1.82, 2.24) is 20.5 Å². The van der Waals surface area contributed by atoms with Crippen LogP contribution in [0.4, 0.5) is 0 Å². The van der Waals surface area contributed by atoms with Crippen LogP contribution in [0.3, 0.4) is 0 Å². The minimum atomic E-state index is 0.504. The molecule has 1 aliphatic carbocycles. The van der Waals surface area contributed by atoms with Crippen molar-refractivity contribution in [3.63, 3.8) is 0 Å². The number of thiazole rings is 1. The Kier molecular flexibility index (Phi) is 2.22. The quantitative estimate of drug-likeness (QED) is 0.848. The van der Waals surface area contributed by atoms with Gasteiger partial charge in [-0.05, 0) is 12.8 Å². The van der Waals surface area contributed by atoms with Gasteiger partial charge in [-0.25, -0.2) is 4.98 Å². The van der Waals surface area contributed by atoms with E-state index in [1.807, 2.05) is 5.38 Å². The van der Waals surface area contributed by atoms with Gasteiger partial charge in [0.1, 0.15) is 5.69 Å². The van der Waals surface area contributed by atoms with Gasteiger partial charge in [-0.15, -0.1) is 21.5 Å². The maximum absolute atomic E-state index is 5.47. The monoisotopic (exact) mass is 222 g/mol. The summed E-state index contributed by atoms with van der Waals surface area (Å²) in [6, 6.07) is 0.652. The highest BCUT2D eigenvalue weighted by atomic mass is 32.1. The smallest absolute Gasteiger partial charge is 0.267 e. The van der Waals surface area contributed by atoms with Crippen molar-refractivity contribution in [3.8, 4) is 11.6 Å². The van der Waals surface area contributed by atoms with E-state index in [2.05, 4.69) is 20.5 Å². The van der Waals surface area contributed by atoms with Gasteiger partial charge in [-0.2, -0.15) is 0 Å². The van der Waals surface area contributed by atoms with E-state index >= 15 is 0 Å². The highest BCUT2D eigenvalue weighted by molar-refractivity contribution is 7.07. The predicted molar refractivity (Wildman–Crippen MR) is 55.3 cm³/mol. The average Bonchev–Trinajstić information content (AvgIpc) is 2.78. The molecule has 2 aromatic rings. The molecular formula is C9H10N4OS. The topological polar surface area (TPSA) is 63.8 Å². The molecule has 1 fully saturated rings. The van der Waals surface area contributed by atoms with Crippen LogP contribution in [0.25, 0.3) is 11.6 Å². The number of hydrogen-bond donors (Lipinski definition) is 1. The van der Waals surface area contributed by atoms with Crippen LogP contribution in [-0.4, -0.2) is 21.2 Å². The van der Waals surface area contributed by atoms with Crippen LogP contribution < -0.4 is 5.32 Å². The molecule has 6 heteroatoms. The summed E-state index contributed by atoms with van der Waals surface area (Å²) in [6.45, 7) is 0.655. The van der Waals surface area contributed by atoms with Gasteiger partial charge in [0.15, 0.2) is 0 Å². The lowest BCUT2D eigenvalue weighted by atomic mass is 10.5. The van der Waals surface area contributed by atoms with Crippen LogP contribution in [-0.2, 0) is 6.54 Å². The summed E-state index contributed by atoms with van der Waals surface area (Å²) in [5.41, 5.74) is 2.51. The summed E-state index contributed by atoms with van der Waals surface area (Å²) < 4.78 is 5.47. The molecule has 1 N–H and O–H groups in total. The summed E-state index contributed by atoms with van der Waals surface area (Å²) in [5.74, 6) is 1.13. The SMILES string of the molecule is c1nc(-c2nnc(CNC3CC3)o2)cs1. The fourth-order valence-corrected chi connectivity index (χ4v) is 1.79. The molecule has 15 heavy (non-hydrogen) atoms. The van der Waals surface area contributed by atoms with E-state index < -0.39 is 0 Å². The van der Waals surface area contributed by atoms with Crippen LogP contribution in [0.1, 0.15) is 18.7 Å². The zero-order valence-electron chi connectivity index (χ0n) is 8.01. The summed E-state index contributed by atoms with van der Waals surface area (Å²) in [7, 11) is 0. The van der Waals surface area contributed by atoms with E-state index in [-0.39, 0.29) is 0 Å². The average molecular weight is 222 g/mol. The zero-order valence-corrected chi connectivity index (χ0v) is 8.83. The lowest BCUT2D eigenvalue weighted by molar-refractivity contribution is 0.475. The Morgan fingerprint density at radius 3 is 3.13 bits per heavy atom. The van der Waals surface area contributed by atoms with E-state index in [9.17, 15) is 0 Å². The predicted octanol–water partition coefficient (Wildman–Crippen LogP) is 1.45. The largest absolute Gasteiger partial charge is 0.418 e. The molecule has 1 saturated carbocycles. The molecule has 0 unspecified atom stereocenters. The van der Waals surface area contributed by atoms with E-state index in [4.69, 9.17) is 4.42 Å². The highest BCUT2D eigenvalue weighted by Gasteiger charge is 2.21. The van der Waals surface area contributed by atoms with Gasteiger partial charge in [-0.3, -0.25) is 0 Å². The molecule has 2 aromatic heterocycles. The molecule has 0 amide bonds. The summed E-state index contributed by atoms with van der Waals surface area (Å²) in [5, 5.41) is 13.1. The molecule has 1 aliphatic rings. The van der Waals surface area contributed by atoms with Crippen molar-refractivity contribution in [2.75, 3.05) is 0 Å². The number of aromatic nitrogens is 3. The lowest BCUT2D eigenvalue weighted by Gasteiger charge is -1.95. The highest BCUT2D eigenvalue weighted by Crippen LogP contribution is 2.20. The number of hydrogen-bond acceptors (Lipinski definition) is 6. The first-order chi connectivity index (χ1) is 7.42. The van der Waals surface area contributed by atoms with Crippen molar-refractivity contribution in [3.05, 3.63) is 16.8 Å². The fraction of sp³-hybridized carbons (Fsp3) is 0.444. The lowest BCUT2D eigenvalue weighted by Crippen LogP contribution is -2.15. The molecule has 0 aromatic carbocycles. The number of nitrogens with one attached hydrogen (secondary N) is 1. The molecule has 0 radical (unpaired) electrons. The second-order valence-corrected chi connectivity index (χ2v) is 4.25. The number of nitrogens with zero attached hydrogens (tertiary/aromatic N) is 3. The Morgan fingerprint density at radius 1 is 1.47 bits per heavy atom. The van der Waals surface area contributed by atoms with E-state index in [0.717, 1.165) is 5.69 Å². The van der Waals surface area contributed by atoms with Crippen molar-refractivity contribution < 1.29 is 4.42 Å². The maximum atomic E-state index is 5.47. The van der Waals surface area contributed by atoms with Gasteiger partial charge in [0.05, 0.1) is 12.1 Å². The minimum absolute atomic E-state index is 0.504. The van der Waals surface area contributed by atoms with Gasteiger partial charge in [0, 0.05) is 11.4 Å². The van der Waals surface area contributed by atoms with E-state index in [1.54, 1.807) is 5.51 Å². The van der Waals surface area contributed by atoms with Gasteiger partial charge >= 0.3 is 0 Å². The normalized spacial score (nSPS) is 15.7. The van der Waals surface area contributed by atoms with Crippen LogP contribution in [0.2, 0.25) is 0 Å². The third-order valence-electron chi connectivity index (χ3n) is 2.24. The molecule has 5 nitrogen and oxygen atoms in total. The van der Waals surface area contributed by atoms with E-state index in [0.29, 0.717) is 24.4 Å². The van der Waals surface area contributed by atoms with Gasteiger partial charge in [0.25, 0.3) is 5.89 Å². The molecule has 0 atom stereocenters. The molecule has 0 saturated heterocycles. The Balaban J connectivity index is 1.69. The summed E-state index contributed by atoms with van der Waals surface area (Å²) in [6.07, 6.45) is 2.51. The van der Waals surface area contributed by atoms with Gasteiger partial charge < -0.3 is 9.73 Å². The third-order valence-corrected chi connectivity index (χ3v) is 2.82. The second-order valence-electron chi connectivity index (χ2n) is 3.53.